The van der Waals surface area contributed by atoms with Gasteiger partial charge in [0.25, 0.3) is 0 Å². The Bertz CT molecular complexity index is 375. The summed E-state index contributed by atoms with van der Waals surface area (Å²) in [7, 11) is 1.48. The number of urea groups is 1. The maximum Gasteiger partial charge on any atom is 0.312 e. The number of hydrogen-bond acceptors (Lipinski definition) is 5. The van der Waals surface area contributed by atoms with Crippen LogP contribution in [0.1, 0.15) is 26.7 Å². The number of likely N-dealkylation sites (N-methyl/N-ethyl adjacent to an activating group) is 1. The van der Waals surface area contributed by atoms with Crippen molar-refractivity contribution in [1.29, 1.82) is 0 Å². The lowest BCUT2D eigenvalue weighted by Crippen LogP contribution is -2.54. The lowest BCUT2D eigenvalue weighted by molar-refractivity contribution is -0.130. The summed E-state index contributed by atoms with van der Waals surface area (Å²) in [6.45, 7) is 3.65. The van der Waals surface area contributed by atoms with E-state index in [9.17, 15) is 14.4 Å². The molecule has 0 aromatic carbocycles. The van der Waals surface area contributed by atoms with E-state index >= 15 is 0 Å². The first-order valence-electron chi connectivity index (χ1n) is 7.23. The highest BCUT2D eigenvalue weighted by molar-refractivity contribution is 5.89. The maximum atomic E-state index is 12.2. The molecule has 128 valence electrons. The van der Waals surface area contributed by atoms with Gasteiger partial charge in [0.1, 0.15) is 6.04 Å². The van der Waals surface area contributed by atoms with E-state index in [4.69, 9.17) is 10.8 Å². The molecule has 0 spiro atoms. The Balaban J connectivity index is 4.59. The van der Waals surface area contributed by atoms with Gasteiger partial charge in [-0.1, -0.05) is 13.8 Å². The van der Waals surface area contributed by atoms with E-state index < -0.39 is 18.1 Å². The van der Waals surface area contributed by atoms with Crippen molar-refractivity contribution in [2.45, 2.75) is 38.8 Å². The highest BCUT2D eigenvalue weighted by Crippen LogP contribution is 2.04. The number of carbonyl (C=O) groups is 3. The number of rotatable bonds is 10. The highest BCUT2D eigenvalue weighted by atomic mass is 16.3. The van der Waals surface area contributed by atoms with Gasteiger partial charge in [-0.25, -0.2) is 4.79 Å². The summed E-state index contributed by atoms with van der Waals surface area (Å²) in [5.74, 6) is -0.728. The molecule has 0 aliphatic carbocycles. The lowest BCUT2D eigenvalue weighted by atomic mass is 10.0. The van der Waals surface area contributed by atoms with Gasteiger partial charge in [-0.3, -0.25) is 14.9 Å². The van der Waals surface area contributed by atoms with Gasteiger partial charge in [0, 0.05) is 13.6 Å². The standard InChI is InChI=1S/C13H27N5O4/c1-8(2)10(17-7-19)12(21)18-9(11(20)15-3)5-4-6-16-13(14)22/h8-10,17,19H,4-7H2,1-3H3,(H,15,20)(H,18,21)(H3,14,16,22)/t9-,10-/m0/s1. The van der Waals surface area contributed by atoms with Gasteiger partial charge < -0.3 is 26.8 Å². The van der Waals surface area contributed by atoms with Gasteiger partial charge in [0.05, 0.1) is 12.8 Å². The fourth-order valence-electron chi connectivity index (χ4n) is 1.95. The van der Waals surface area contributed by atoms with Gasteiger partial charge in [-0.05, 0) is 18.8 Å². The third kappa shape index (κ3) is 7.79. The monoisotopic (exact) mass is 317 g/mol. The number of primary amides is 1. The number of aliphatic hydroxyl groups excluding tert-OH is 1. The van der Waals surface area contributed by atoms with Crippen molar-refractivity contribution in [2.75, 3.05) is 20.3 Å². The van der Waals surface area contributed by atoms with E-state index in [0.29, 0.717) is 19.4 Å². The van der Waals surface area contributed by atoms with Crippen molar-refractivity contribution in [1.82, 2.24) is 21.3 Å². The Morgan fingerprint density at radius 2 is 1.82 bits per heavy atom. The number of nitrogens with two attached hydrogens (primary N) is 1. The predicted molar refractivity (Wildman–Crippen MR) is 81.7 cm³/mol. The predicted octanol–water partition coefficient (Wildman–Crippen LogP) is -1.77. The van der Waals surface area contributed by atoms with Crippen LogP contribution in [-0.2, 0) is 9.59 Å². The van der Waals surface area contributed by atoms with Gasteiger partial charge >= 0.3 is 6.03 Å². The zero-order chi connectivity index (χ0) is 17.1. The van der Waals surface area contributed by atoms with Crippen LogP contribution >= 0.6 is 0 Å². The topological polar surface area (TPSA) is 146 Å². The normalized spacial score (nSPS) is 13.3. The maximum absolute atomic E-state index is 12.2. The zero-order valence-electron chi connectivity index (χ0n) is 13.3. The summed E-state index contributed by atoms with van der Waals surface area (Å²) >= 11 is 0. The number of amides is 4. The largest absolute Gasteiger partial charge is 0.381 e. The van der Waals surface area contributed by atoms with Crippen LogP contribution in [0.15, 0.2) is 0 Å². The molecule has 22 heavy (non-hydrogen) atoms. The van der Waals surface area contributed by atoms with Crippen molar-refractivity contribution >= 4 is 17.8 Å². The average molecular weight is 317 g/mol. The molecule has 0 aromatic rings. The van der Waals surface area contributed by atoms with Crippen molar-refractivity contribution < 1.29 is 19.5 Å². The summed E-state index contributed by atoms with van der Waals surface area (Å²) in [6, 6.07) is -1.94. The molecule has 0 aromatic heterocycles. The Hall–Kier alpha value is -1.87. The van der Waals surface area contributed by atoms with E-state index in [2.05, 4.69) is 21.3 Å². The van der Waals surface area contributed by atoms with Crippen LogP contribution in [0.2, 0.25) is 0 Å². The lowest BCUT2D eigenvalue weighted by Gasteiger charge is -2.24. The van der Waals surface area contributed by atoms with Crippen LogP contribution in [0.5, 0.6) is 0 Å². The zero-order valence-corrected chi connectivity index (χ0v) is 13.3. The van der Waals surface area contributed by atoms with E-state index in [1.165, 1.54) is 7.05 Å². The number of hydrogen-bond donors (Lipinski definition) is 6. The van der Waals surface area contributed by atoms with Crippen LogP contribution in [0.25, 0.3) is 0 Å². The first-order chi connectivity index (χ1) is 10.3. The van der Waals surface area contributed by atoms with Crippen molar-refractivity contribution in [3.8, 4) is 0 Å². The van der Waals surface area contributed by atoms with Crippen LogP contribution in [0.3, 0.4) is 0 Å². The van der Waals surface area contributed by atoms with Gasteiger partial charge in [0.2, 0.25) is 11.8 Å². The van der Waals surface area contributed by atoms with Crippen molar-refractivity contribution in [3.63, 3.8) is 0 Å². The quantitative estimate of drug-likeness (QED) is 0.208. The second-order valence-electron chi connectivity index (χ2n) is 5.19. The summed E-state index contributed by atoms with van der Waals surface area (Å²) in [4.78, 5) is 34.6. The number of aliphatic hydroxyl groups is 1. The van der Waals surface area contributed by atoms with Crippen molar-refractivity contribution in [2.24, 2.45) is 11.7 Å². The van der Waals surface area contributed by atoms with Crippen molar-refractivity contribution in [3.05, 3.63) is 0 Å². The molecule has 4 amide bonds. The summed E-state index contributed by atoms with van der Waals surface area (Å²) in [6.07, 6.45) is 0.844. The first kappa shape index (κ1) is 20.1. The molecule has 0 aliphatic rings. The van der Waals surface area contributed by atoms with Crippen LogP contribution in [0.4, 0.5) is 4.79 Å². The Morgan fingerprint density at radius 1 is 1.18 bits per heavy atom. The molecule has 9 heteroatoms. The molecular formula is C13H27N5O4. The molecule has 9 nitrogen and oxygen atoms in total. The highest BCUT2D eigenvalue weighted by Gasteiger charge is 2.26. The molecule has 0 radical (unpaired) electrons. The molecule has 7 N–H and O–H groups in total. The smallest absolute Gasteiger partial charge is 0.312 e. The SMILES string of the molecule is CNC(=O)[C@H](CCCNC(N)=O)NC(=O)[C@@H](NCO)C(C)C. The summed E-state index contributed by atoms with van der Waals surface area (Å²) in [5, 5.41) is 19.2. The van der Waals surface area contributed by atoms with Crippen LogP contribution in [0, 0.1) is 5.92 Å². The average Bonchev–Trinajstić information content (AvgIpc) is 2.46. The molecule has 0 fully saturated rings. The van der Waals surface area contributed by atoms with Gasteiger partial charge in [0.15, 0.2) is 0 Å². The van der Waals surface area contributed by atoms with Crippen LogP contribution < -0.4 is 27.0 Å². The van der Waals surface area contributed by atoms with E-state index in [0.717, 1.165) is 0 Å². The minimum absolute atomic E-state index is 0.0472. The fraction of sp³-hybridized carbons (Fsp3) is 0.769. The number of carbonyl (C=O) groups excluding carboxylic acids is 3. The first-order valence-corrected chi connectivity index (χ1v) is 7.23. The molecular weight excluding hydrogens is 290 g/mol. The van der Waals surface area contributed by atoms with E-state index in [1.807, 2.05) is 13.8 Å². The van der Waals surface area contributed by atoms with E-state index in [-0.39, 0.29) is 24.5 Å². The fourth-order valence-corrected chi connectivity index (χ4v) is 1.95. The van der Waals surface area contributed by atoms with E-state index in [1.54, 1.807) is 0 Å². The number of nitrogens with one attached hydrogen (secondary N) is 4. The molecule has 0 rings (SSSR count). The molecule has 0 bridgehead atoms. The van der Waals surface area contributed by atoms with Gasteiger partial charge in [-0.2, -0.15) is 0 Å². The summed E-state index contributed by atoms with van der Waals surface area (Å²) in [5.41, 5.74) is 4.95. The molecule has 0 saturated carbocycles. The Labute approximate surface area is 130 Å². The second-order valence-corrected chi connectivity index (χ2v) is 5.19. The third-order valence-corrected chi connectivity index (χ3v) is 3.11. The molecule has 0 unspecified atom stereocenters. The van der Waals surface area contributed by atoms with Gasteiger partial charge in [-0.15, -0.1) is 0 Å². The molecule has 0 aliphatic heterocycles. The second kappa shape index (κ2) is 10.8. The Morgan fingerprint density at radius 3 is 2.27 bits per heavy atom. The minimum Gasteiger partial charge on any atom is -0.381 e. The molecule has 0 saturated heterocycles. The minimum atomic E-state index is -0.714. The Kier molecular flexibility index (Phi) is 9.88. The summed E-state index contributed by atoms with van der Waals surface area (Å²) < 4.78 is 0. The van der Waals surface area contributed by atoms with Crippen LogP contribution in [-0.4, -0.2) is 55.4 Å². The third-order valence-electron chi connectivity index (χ3n) is 3.11. The molecule has 0 heterocycles. The molecule has 2 atom stereocenters.